The molecule has 0 spiro atoms. The maximum absolute atomic E-state index is 12.4. The van der Waals surface area contributed by atoms with E-state index in [1.807, 2.05) is 24.0 Å². The normalized spacial score (nSPS) is 20.2. The van der Waals surface area contributed by atoms with Gasteiger partial charge in [0.25, 0.3) is 0 Å². The average Bonchev–Trinajstić information content (AvgIpc) is 2.39. The van der Waals surface area contributed by atoms with E-state index >= 15 is 0 Å². The van der Waals surface area contributed by atoms with Gasteiger partial charge in [-0.1, -0.05) is 6.92 Å². The highest BCUT2D eigenvalue weighted by molar-refractivity contribution is 5.97. The third-order valence-corrected chi connectivity index (χ3v) is 3.29. The highest BCUT2D eigenvalue weighted by Gasteiger charge is 2.28. The number of nitrogens with one attached hydrogen (secondary N) is 1. The molecule has 1 aromatic rings. The molecule has 1 atom stereocenters. The van der Waals surface area contributed by atoms with Gasteiger partial charge in [0.2, 0.25) is 5.91 Å². The van der Waals surface area contributed by atoms with Crippen LogP contribution in [0.1, 0.15) is 31.9 Å². The van der Waals surface area contributed by atoms with Gasteiger partial charge in [0, 0.05) is 12.2 Å². The fourth-order valence-electron chi connectivity index (χ4n) is 2.26. The van der Waals surface area contributed by atoms with Crippen molar-refractivity contribution in [2.75, 3.05) is 18.0 Å². The zero-order chi connectivity index (χ0) is 13.0. The lowest BCUT2D eigenvalue weighted by atomic mass is 10.0. The van der Waals surface area contributed by atoms with Crippen molar-refractivity contribution < 1.29 is 4.79 Å². The second kappa shape index (κ2) is 5.96. The Balaban J connectivity index is 2.08. The Kier molecular flexibility index (Phi) is 4.31. The Morgan fingerprint density at radius 3 is 3.00 bits per heavy atom. The number of nitrogens with zero attached hydrogens (tertiary/aromatic N) is 2. The molecule has 0 radical (unpaired) electrons. The Morgan fingerprint density at radius 1 is 1.50 bits per heavy atom. The van der Waals surface area contributed by atoms with Crippen LogP contribution >= 0.6 is 0 Å². The third kappa shape index (κ3) is 2.88. The summed E-state index contributed by atoms with van der Waals surface area (Å²) >= 11 is 0. The standard InChI is InChI=1S/C14H21N3O/c1-3-8-15-13-5-4-9-17(14(13)18)12-7-6-11(2)16-10-12/h6-7,10,13,15H,3-5,8-9H2,1-2H3. The minimum atomic E-state index is -0.0278. The number of carbonyl (C=O) groups is 1. The average molecular weight is 247 g/mol. The van der Waals surface area contributed by atoms with E-state index < -0.39 is 0 Å². The summed E-state index contributed by atoms with van der Waals surface area (Å²) in [6, 6.07) is 3.90. The van der Waals surface area contributed by atoms with Gasteiger partial charge in [0.05, 0.1) is 17.9 Å². The number of aryl methyl sites for hydroxylation is 1. The van der Waals surface area contributed by atoms with Crippen molar-refractivity contribution in [2.24, 2.45) is 0 Å². The molecule has 1 saturated heterocycles. The first kappa shape index (κ1) is 13.0. The highest BCUT2D eigenvalue weighted by atomic mass is 16.2. The molecule has 0 bridgehead atoms. The molecule has 1 aromatic heterocycles. The SMILES string of the molecule is CCCNC1CCCN(c2ccc(C)nc2)C1=O. The Hall–Kier alpha value is -1.42. The topological polar surface area (TPSA) is 45.2 Å². The number of amides is 1. The lowest BCUT2D eigenvalue weighted by molar-refractivity contribution is -0.121. The molecule has 1 aliphatic rings. The summed E-state index contributed by atoms with van der Waals surface area (Å²) in [6.45, 7) is 5.76. The molecule has 4 nitrogen and oxygen atoms in total. The van der Waals surface area contributed by atoms with Gasteiger partial charge in [-0.2, -0.15) is 0 Å². The van der Waals surface area contributed by atoms with Crippen molar-refractivity contribution in [1.82, 2.24) is 10.3 Å². The van der Waals surface area contributed by atoms with E-state index in [1.165, 1.54) is 0 Å². The van der Waals surface area contributed by atoms with Crippen LogP contribution in [0.3, 0.4) is 0 Å². The summed E-state index contributed by atoms with van der Waals surface area (Å²) in [4.78, 5) is 18.5. The van der Waals surface area contributed by atoms with Gasteiger partial charge in [0.1, 0.15) is 0 Å². The Morgan fingerprint density at radius 2 is 2.33 bits per heavy atom. The summed E-state index contributed by atoms with van der Waals surface area (Å²) < 4.78 is 0. The van der Waals surface area contributed by atoms with E-state index in [2.05, 4.69) is 17.2 Å². The number of hydrogen-bond donors (Lipinski definition) is 1. The highest BCUT2D eigenvalue weighted by Crippen LogP contribution is 2.20. The number of carbonyl (C=O) groups excluding carboxylic acids is 1. The molecule has 0 aromatic carbocycles. The molecule has 0 aliphatic carbocycles. The second-order valence-electron chi connectivity index (χ2n) is 4.80. The molecule has 2 rings (SSSR count). The van der Waals surface area contributed by atoms with Crippen LogP contribution in [0.4, 0.5) is 5.69 Å². The number of aromatic nitrogens is 1. The minimum Gasteiger partial charge on any atom is -0.310 e. The van der Waals surface area contributed by atoms with Gasteiger partial charge in [-0.3, -0.25) is 9.78 Å². The maximum atomic E-state index is 12.4. The van der Waals surface area contributed by atoms with Crippen molar-refractivity contribution >= 4 is 11.6 Å². The number of piperidine rings is 1. The van der Waals surface area contributed by atoms with Gasteiger partial charge < -0.3 is 10.2 Å². The van der Waals surface area contributed by atoms with E-state index in [-0.39, 0.29) is 11.9 Å². The first-order valence-corrected chi connectivity index (χ1v) is 6.69. The van der Waals surface area contributed by atoms with E-state index in [0.717, 1.165) is 43.7 Å². The summed E-state index contributed by atoms with van der Waals surface area (Å²) in [5, 5.41) is 3.32. The van der Waals surface area contributed by atoms with Crippen LogP contribution in [0.15, 0.2) is 18.3 Å². The van der Waals surface area contributed by atoms with Gasteiger partial charge in [-0.05, 0) is 44.9 Å². The molecule has 1 amide bonds. The van der Waals surface area contributed by atoms with Gasteiger partial charge >= 0.3 is 0 Å². The van der Waals surface area contributed by atoms with E-state index in [0.29, 0.717) is 0 Å². The fourth-order valence-corrected chi connectivity index (χ4v) is 2.26. The van der Waals surface area contributed by atoms with Crippen LogP contribution in [0.25, 0.3) is 0 Å². The molecule has 4 heteroatoms. The summed E-state index contributed by atoms with van der Waals surface area (Å²) in [7, 11) is 0. The molecule has 1 fully saturated rings. The number of rotatable bonds is 4. The van der Waals surface area contributed by atoms with Crippen LogP contribution in [0, 0.1) is 6.92 Å². The molecule has 1 N–H and O–H groups in total. The van der Waals surface area contributed by atoms with Crippen molar-refractivity contribution in [1.29, 1.82) is 0 Å². The second-order valence-corrected chi connectivity index (χ2v) is 4.80. The van der Waals surface area contributed by atoms with Crippen LogP contribution in [0.2, 0.25) is 0 Å². The molecule has 98 valence electrons. The smallest absolute Gasteiger partial charge is 0.244 e. The molecule has 1 aliphatic heterocycles. The van der Waals surface area contributed by atoms with Crippen LogP contribution in [-0.2, 0) is 4.79 Å². The van der Waals surface area contributed by atoms with Gasteiger partial charge in [0.15, 0.2) is 0 Å². The van der Waals surface area contributed by atoms with Gasteiger partial charge in [-0.15, -0.1) is 0 Å². The van der Waals surface area contributed by atoms with Crippen LogP contribution in [-0.4, -0.2) is 30.0 Å². The molecule has 2 heterocycles. The number of anilines is 1. The Bertz CT molecular complexity index is 402. The predicted molar refractivity (Wildman–Crippen MR) is 72.6 cm³/mol. The van der Waals surface area contributed by atoms with Crippen LogP contribution < -0.4 is 10.2 Å². The molecule has 0 saturated carbocycles. The van der Waals surface area contributed by atoms with Gasteiger partial charge in [-0.25, -0.2) is 0 Å². The number of hydrogen-bond acceptors (Lipinski definition) is 3. The van der Waals surface area contributed by atoms with E-state index in [9.17, 15) is 4.79 Å². The van der Waals surface area contributed by atoms with Crippen molar-refractivity contribution in [2.45, 2.75) is 39.2 Å². The minimum absolute atomic E-state index is 0.0278. The van der Waals surface area contributed by atoms with Crippen molar-refractivity contribution in [3.05, 3.63) is 24.0 Å². The zero-order valence-corrected chi connectivity index (χ0v) is 11.1. The maximum Gasteiger partial charge on any atom is 0.244 e. The monoisotopic (exact) mass is 247 g/mol. The largest absolute Gasteiger partial charge is 0.310 e. The lowest BCUT2D eigenvalue weighted by Crippen LogP contribution is -2.51. The summed E-state index contributed by atoms with van der Waals surface area (Å²) in [5.74, 6) is 0.181. The molecular weight excluding hydrogens is 226 g/mol. The zero-order valence-electron chi connectivity index (χ0n) is 11.1. The summed E-state index contributed by atoms with van der Waals surface area (Å²) in [6.07, 6.45) is 4.82. The Labute approximate surface area is 108 Å². The van der Waals surface area contributed by atoms with E-state index in [4.69, 9.17) is 0 Å². The number of pyridine rings is 1. The first-order chi connectivity index (χ1) is 8.72. The molecule has 18 heavy (non-hydrogen) atoms. The molecule has 1 unspecified atom stereocenters. The molecular formula is C14H21N3O. The lowest BCUT2D eigenvalue weighted by Gasteiger charge is -2.32. The predicted octanol–water partition coefficient (Wildman–Crippen LogP) is 1.89. The van der Waals surface area contributed by atoms with Crippen molar-refractivity contribution in [3.8, 4) is 0 Å². The quantitative estimate of drug-likeness (QED) is 0.883. The fraction of sp³-hybridized carbons (Fsp3) is 0.571. The van der Waals surface area contributed by atoms with Crippen molar-refractivity contribution in [3.63, 3.8) is 0 Å². The summed E-state index contributed by atoms with van der Waals surface area (Å²) in [5.41, 5.74) is 1.89. The van der Waals surface area contributed by atoms with Crippen LogP contribution in [0.5, 0.6) is 0 Å². The third-order valence-electron chi connectivity index (χ3n) is 3.29. The first-order valence-electron chi connectivity index (χ1n) is 6.69. The van der Waals surface area contributed by atoms with E-state index in [1.54, 1.807) is 6.20 Å².